The van der Waals surface area contributed by atoms with Crippen LogP contribution in [0.3, 0.4) is 0 Å². The lowest BCUT2D eigenvalue weighted by Crippen LogP contribution is -2.42. The average molecular weight is 318 g/mol. The van der Waals surface area contributed by atoms with E-state index in [1.54, 1.807) is 0 Å². The van der Waals surface area contributed by atoms with E-state index in [-0.39, 0.29) is 5.92 Å². The van der Waals surface area contributed by atoms with E-state index in [2.05, 4.69) is 34.5 Å². The number of rotatable bonds is 4. The molecular weight excluding hydrogens is 292 g/mol. The second-order valence-electron chi connectivity index (χ2n) is 6.39. The van der Waals surface area contributed by atoms with E-state index in [9.17, 15) is 4.79 Å². The van der Waals surface area contributed by atoms with Crippen molar-refractivity contribution in [1.29, 1.82) is 0 Å². The van der Waals surface area contributed by atoms with E-state index in [0.717, 1.165) is 50.6 Å². The van der Waals surface area contributed by atoms with Crippen molar-refractivity contribution < 1.29 is 4.79 Å². The molecule has 2 aliphatic rings. The van der Waals surface area contributed by atoms with Crippen molar-refractivity contribution in [3.05, 3.63) is 29.8 Å². The van der Waals surface area contributed by atoms with Crippen LogP contribution >= 0.6 is 11.8 Å². The van der Waals surface area contributed by atoms with E-state index in [1.807, 2.05) is 18.8 Å². The lowest BCUT2D eigenvalue weighted by Gasteiger charge is -2.35. The second-order valence-corrected chi connectivity index (χ2v) is 7.53. The van der Waals surface area contributed by atoms with Gasteiger partial charge in [0.2, 0.25) is 5.91 Å². The number of fused-ring (bicyclic) bond motifs is 1. The molecule has 120 valence electrons. The number of piperidine rings is 1. The fraction of sp³-hybridized carbons (Fsp3) is 0.611. The number of hydrogen-bond donors (Lipinski definition) is 1. The van der Waals surface area contributed by atoms with Gasteiger partial charge in [0.25, 0.3) is 0 Å². The van der Waals surface area contributed by atoms with Crippen molar-refractivity contribution in [1.82, 2.24) is 10.2 Å². The highest BCUT2D eigenvalue weighted by atomic mass is 32.2. The minimum Gasteiger partial charge on any atom is -0.342 e. The van der Waals surface area contributed by atoms with Crippen molar-refractivity contribution in [3.8, 4) is 0 Å². The number of likely N-dealkylation sites (tertiary alicyclic amines) is 1. The Hall–Kier alpha value is -1.00. The maximum Gasteiger partial charge on any atom is 0.230 e. The van der Waals surface area contributed by atoms with Crippen LogP contribution in [0.25, 0.3) is 0 Å². The summed E-state index contributed by atoms with van der Waals surface area (Å²) < 4.78 is 0. The van der Waals surface area contributed by atoms with Gasteiger partial charge in [-0.15, -0.1) is 11.8 Å². The molecule has 1 aromatic rings. The highest BCUT2D eigenvalue weighted by Crippen LogP contribution is 2.38. The van der Waals surface area contributed by atoms with Gasteiger partial charge < -0.3 is 10.2 Å². The number of carbonyl (C=O) groups is 1. The molecule has 1 unspecified atom stereocenters. The summed E-state index contributed by atoms with van der Waals surface area (Å²) in [5, 5.41) is 3.23. The van der Waals surface area contributed by atoms with Gasteiger partial charge in [-0.1, -0.05) is 18.2 Å². The number of nitrogens with one attached hydrogen (secondary N) is 1. The summed E-state index contributed by atoms with van der Waals surface area (Å²) >= 11 is 1.89. The van der Waals surface area contributed by atoms with Crippen molar-refractivity contribution in [2.45, 2.75) is 36.5 Å². The molecule has 1 aromatic carbocycles. The molecule has 1 amide bonds. The number of benzene rings is 1. The largest absolute Gasteiger partial charge is 0.342 e. The van der Waals surface area contributed by atoms with Gasteiger partial charge in [0.05, 0.1) is 5.92 Å². The summed E-state index contributed by atoms with van der Waals surface area (Å²) in [6.45, 7) is 2.98. The molecule has 22 heavy (non-hydrogen) atoms. The Balaban J connectivity index is 1.61. The molecule has 0 bridgehead atoms. The average Bonchev–Trinajstić information content (AvgIpc) is 2.59. The van der Waals surface area contributed by atoms with Crippen LogP contribution in [-0.4, -0.2) is 43.2 Å². The van der Waals surface area contributed by atoms with E-state index in [1.165, 1.54) is 16.9 Å². The summed E-state index contributed by atoms with van der Waals surface area (Å²) in [5.41, 5.74) is 1.25. The Morgan fingerprint density at radius 1 is 1.27 bits per heavy atom. The Labute approximate surface area is 137 Å². The monoisotopic (exact) mass is 318 g/mol. The van der Waals surface area contributed by atoms with Gasteiger partial charge in [-0.2, -0.15) is 0 Å². The maximum atomic E-state index is 12.9. The molecule has 0 aromatic heterocycles. The van der Waals surface area contributed by atoms with E-state index >= 15 is 0 Å². The first-order valence-corrected chi connectivity index (χ1v) is 9.43. The fourth-order valence-electron chi connectivity index (χ4n) is 3.61. The fourth-order valence-corrected chi connectivity index (χ4v) is 4.73. The summed E-state index contributed by atoms with van der Waals surface area (Å²) in [6, 6.07) is 8.44. The van der Waals surface area contributed by atoms with E-state index in [0.29, 0.717) is 5.91 Å². The SMILES string of the molecule is CNCCC1CCN(C(=O)C2CCSc3ccccc32)CC1. The first kappa shape index (κ1) is 15.9. The normalized spacial score (nSPS) is 22.4. The highest BCUT2D eigenvalue weighted by molar-refractivity contribution is 7.99. The van der Waals surface area contributed by atoms with Gasteiger partial charge in [0, 0.05) is 18.0 Å². The van der Waals surface area contributed by atoms with E-state index < -0.39 is 0 Å². The van der Waals surface area contributed by atoms with Gasteiger partial charge in [-0.25, -0.2) is 0 Å². The standard InChI is InChI=1S/C18H26N2OS/c1-19-10-6-14-7-11-20(12-8-14)18(21)16-9-13-22-17-5-3-2-4-15(16)17/h2-5,14,16,19H,6-13H2,1H3. The summed E-state index contributed by atoms with van der Waals surface area (Å²) in [4.78, 5) is 16.4. The Morgan fingerprint density at radius 2 is 2.05 bits per heavy atom. The molecule has 0 spiro atoms. The summed E-state index contributed by atoms with van der Waals surface area (Å²) in [6.07, 6.45) is 4.55. The van der Waals surface area contributed by atoms with Gasteiger partial charge >= 0.3 is 0 Å². The quantitative estimate of drug-likeness (QED) is 0.926. The van der Waals surface area contributed by atoms with Crippen LogP contribution < -0.4 is 5.32 Å². The number of thioether (sulfide) groups is 1. The van der Waals surface area contributed by atoms with Gasteiger partial charge in [-0.05, 0) is 62.6 Å². The third-order valence-corrected chi connectivity index (χ3v) is 6.11. The molecule has 1 fully saturated rings. The second kappa shape index (κ2) is 7.51. The Bertz CT molecular complexity index is 512. The molecule has 4 heteroatoms. The van der Waals surface area contributed by atoms with E-state index in [4.69, 9.17) is 0 Å². The highest BCUT2D eigenvalue weighted by Gasteiger charge is 2.32. The number of carbonyl (C=O) groups excluding carboxylic acids is 1. The molecule has 1 saturated heterocycles. The predicted octanol–water partition coefficient (Wildman–Crippen LogP) is 3.11. The third kappa shape index (κ3) is 3.49. The van der Waals surface area contributed by atoms with Crippen LogP contribution in [0.5, 0.6) is 0 Å². The molecule has 3 rings (SSSR count). The number of hydrogen-bond acceptors (Lipinski definition) is 3. The minimum absolute atomic E-state index is 0.0892. The molecule has 0 saturated carbocycles. The van der Waals surface area contributed by atoms with Crippen LogP contribution in [0.2, 0.25) is 0 Å². The molecule has 1 atom stereocenters. The molecule has 2 heterocycles. The molecule has 2 aliphatic heterocycles. The predicted molar refractivity (Wildman–Crippen MR) is 92.4 cm³/mol. The number of amides is 1. The van der Waals surface area contributed by atoms with Crippen molar-refractivity contribution in [2.24, 2.45) is 5.92 Å². The van der Waals surface area contributed by atoms with Crippen LogP contribution in [0.15, 0.2) is 29.2 Å². The zero-order valence-corrected chi connectivity index (χ0v) is 14.2. The summed E-state index contributed by atoms with van der Waals surface area (Å²) in [5.74, 6) is 2.29. The van der Waals surface area contributed by atoms with Crippen LogP contribution in [0.4, 0.5) is 0 Å². The van der Waals surface area contributed by atoms with Crippen LogP contribution in [0, 0.1) is 5.92 Å². The van der Waals surface area contributed by atoms with Gasteiger partial charge in [-0.3, -0.25) is 4.79 Å². The lowest BCUT2D eigenvalue weighted by molar-refractivity contribution is -0.134. The molecule has 0 radical (unpaired) electrons. The molecular formula is C18H26N2OS. The van der Waals surface area contributed by atoms with Crippen LogP contribution in [0.1, 0.15) is 37.2 Å². The summed E-state index contributed by atoms with van der Waals surface area (Å²) in [7, 11) is 2.01. The zero-order chi connectivity index (χ0) is 15.4. The first-order chi connectivity index (χ1) is 10.8. The number of nitrogens with zero attached hydrogens (tertiary/aromatic N) is 1. The van der Waals surface area contributed by atoms with Crippen molar-refractivity contribution in [2.75, 3.05) is 32.4 Å². The molecule has 0 aliphatic carbocycles. The van der Waals surface area contributed by atoms with Gasteiger partial charge in [0.15, 0.2) is 0 Å². The molecule has 1 N–H and O–H groups in total. The first-order valence-electron chi connectivity index (χ1n) is 8.44. The van der Waals surface area contributed by atoms with Crippen molar-refractivity contribution >= 4 is 17.7 Å². The molecule has 3 nitrogen and oxygen atoms in total. The zero-order valence-electron chi connectivity index (χ0n) is 13.4. The van der Waals surface area contributed by atoms with Gasteiger partial charge in [0.1, 0.15) is 0 Å². The Kier molecular flexibility index (Phi) is 5.42. The van der Waals surface area contributed by atoms with Crippen LogP contribution in [-0.2, 0) is 4.79 Å². The lowest BCUT2D eigenvalue weighted by atomic mass is 9.90. The maximum absolute atomic E-state index is 12.9. The third-order valence-electron chi connectivity index (χ3n) is 4.99. The Morgan fingerprint density at radius 3 is 2.82 bits per heavy atom. The topological polar surface area (TPSA) is 32.3 Å². The van der Waals surface area contributed by atoms with Crippen molar-refractivity contribution in [3.63, 3.8) is 0 Å². The smallest absolute Gasteiger partial charge is 0.230 e. The minimum atomic E-state index is 0.0892.